The molecule has 7 heteroatoms. The molecule has 7 nitrogen and oxygen atoms in total. The van der Waals surface area contributed by atoms with Crippen LogP contribution in [0, 0.1) is 0 Å². The number of aliphatic hydroxyl groups is 1. The molecule has 2 aromatic carbocycles. The standard InChI is InChI=1S/C21H23NO6/c1-25-16-4-3-5-17(26-2)19(16)20(23)22-10-8-21(24,9-11-22)14-6-7-15-18(12-14)28-13-27-15/h3-7,12,24H,8-11,13H2,1-2H3. The highest BCUT2D eigenvalue weighted by atomic mass is 16.7. The minimum Gasteiger partial charge on any atom is -0.496 e. The van der Waals surface area contributed by atoms with Crippen LogP contribution in [-0.2, 0) is 5.60 Å². The van der Waals surface area contributed by atoms with Crippen molar-refractivity contribution < 1.29 is 28.8 Å². The Morgan fingerprint density at radius 1 is 1.04 bits per heavy atom. The van der Waals surface area contributed by atoms with Crippen LogP contribution in [0.15, 0.2) is 36.4 Å². The van der Waals surface area contributed by atoms with Gasteiger partial charge >= 0.3 is 0 Å². The lowest BCUT2D eigenvalue weighted by atomic mass is 9.84. The Morgan fingerprint density at radius 2 is 1.68 bits per heavy atom. The van der Waals surface area contributed by atoms with Crippen LogP contribution in [-0.4, -0.2) is 50.0 Å². The lowest BCUT2D eigenvalue weighted by Gasteiger charge is -2.38. The van der Waals surface area contributed by atoms with Crippen molar-refractivity contribution in [2.75, 3.05) is 34.1 Å². The second-order valence-electron chi connectivity index (χ2n) is 6.93. The number of hydrogen-bond acceptors (Lipinski definition) is 6. The second-order valence-corrected chi connectivity index (χ2v) is 6.93. The molecule has 0 unspecified atom stereocenters. The molecule has 0 spiro atoms. The van der Waals surface area contributed by atoms with Crippen molar-refractivity contribution in [2.45, 2.75) is 18.4 Å². The van der Waals surface area contributed by atoms with Crippen LogP contribution in [0.3, 0.4) is 0 Å². The van der Waals surface area contributed by atoms with E-state index in [-0.39, 0.29) is 12.7 Å². The smallest absolute Gasteiger partial charge is 0.261 e. The van der Waals surface area contributed by atoms with Crippen LogP contribution >= 0.6 is 0 Å². The number of likely N-dealkylation sites (tertiary alicyclic amines) is 1. The topological polar surface area (TPSA) is 77.5 Å². The third kappa shape index (κ3) is 3.11. The predicted molar refractivity (Wildman–Crippen MR) is 101 cm³/mol. The number of carbonyl (C=O) groups is 1. The van der Waals surface area contributed by atoms with Gasteiger partial charge in [0.05, 0.1) is 19.8 Å². The zero-order valence-corrected chi connectivity index (χ0v) is 15.9. The van der Waals surface area contributed by atoms with Gasteiger partial charge in [0.2, 0.25) is 6.79 Å². The van der Waals surface area contributed by atoms with Gasteiger partial charge in [0.25, 0.3) is 5.91 Å². The zero-order valence-electron chi connectivity index (χ0n) is 15.9. The summed E-state index contributed by atoms with van der Waals surface area (Å²) in [5.41, 5.74) is 0.169. The maximum atomic E-state index is 13.1. The minimum absolute atomic E-state index is 0.165. The van der Waals surface area contributed by atoms with Crippen LogP contribution in [0.5, 0.6) is 23.0 Å². The van der Waals surface area contributed by atoms with Gasteiger partial charge in [-0.3, -0.25) is 4.79 Å². The minimum atomic E-state index is -1.01. The molecule has 1 fully saturated rings. The Hall–Kier alpha value is -2.93. The summed E-state index contributed by atoms with van der Waals surface area (Å²) >= 11 is 0. The quantitative estimate of drug-likeness (QED) is 0.872. The number of fused-ring (bicyclic) bond motifs is 1. The maximum Gasteiger partial charge on any atom is 0.261 e. The van der Waals surface area contributed by atoms with E-state index in [9.17, 15) is 9.90 Å². The fourth-order valence-electron chi connectivity index (χ4n) is 3.77. The number of benzene rings is 2. The molecule has 0 aliphatic carbocycles. The van der Waals surface area contributed by atoms with Gasteiger partial charge in [-0.25, -0.2) is 0 Å². The van der Waals surface area contributed by atoms with E-state index in [0.29, 0.717) is 54.5 Å². The monoisotopic (exact) mass is 385 g/mol. The summed E-state index contributed by atoms with van der Waals surface area (Å²) in [6, 6.07) is 10.7. The Kier molecular flexibility index (Phi) is 4.77. The zero-order chi connectivity index (χ0) is 19.7. The number of ether oxygens (including phenoxy) is 4. The third-order valence-electron chi connectivity index (χ3n) is 5.43. The molecule has 1 saturated heterocycles. The molecule has 0 aromatic heterocycles. The van der Waals surface area contributed by atoms with E-state index in [1.165, 1.54) is 14.2 Å². The lowest BCUT2D eigenvalue weighted by Crippen LogP contribution is -2.45. The summed E-state index contributed by atoms with van der Waals surface area (Å²) < 4.78 is 21.5. The molecule has 0 atom stereocenters. The summed E-state index contributed by atoms with van der Waals surface area (Å²) in [5.74, 6) is 2.11. The molecule has 2 heterocycles. The molecule has 0 saturated carbocycles. The van der Waals surface area contributed by atoms with Gasteiger partial charge in [0.15, 0.2) is 11.5 Å². The fraction of sp³-hybridized carbons (Fsp3) is 0.381. The van der Waals surface area contributed by atoms with Crippen molar-refractivity contribution in [2.24, 2.45) is 0 Å². The first-order valence-corrected chi connectivity index (χ1v) is 9.18. The molecule has 1 N–H and O–H groups in total. The highest BCUT2D eigenvalue weighted by Gasteiger charge is 2.37. The molecular formula is C21H23NO6. The van der Waals surface area contributed by atoms with Crippen molar-refractivity contribution in [1.82, 2.24) is 4.90 Å². The highest BCUT2D eigenvalue weighted by Crippen LogP contribution is 2.40. The predicted octanol–water partition coefficient (Wildman–Crippen LogP) is 2.56. The van der Waals surface area contributed by atoms with Crippen molar-refractivity contribution in [1.29, 1.82) is 0 Å². The average molecular weight is 385 g/mol. The van der Waals surface area contributed by atoms with Crippen molar-refractivity contribution in [3.05, 3.63) is 47.5 Å². The summed E-state index contributed by atoms with van der Waals surface area (Å²) in [7, 11) is 3.06. The average Bonchev–Trinajstić information content (AvgIpc) is 3.21. The Bertz CT molecular complexity index is 866. The first kappa shape index (κ1) is 18.4. The molecule has 1 amide bonds. The fourth-order valence-corrected chi connectivity index (χ4v) is 3.77. The largest absolute Gasteiger partial charge is 0.496 e. The summed E-state index contributed by atoms with van der Waals surface area (Å²) in [6.45, 7) is 1.04. The van der Waals surface area contributed by atoms with Gasteiger partial charge in [-0.05, 0) is 42.7 Å². The van der Waals surface area contributed by atoms with Crippen LogP contribution < -0.4 is 18.9 Å². The molecule has 0 radical (unpaired) electrons. The Labute approximate surface area is 163 Å². The van der Waals surface area contributed by atoms with Crippen LogP contribution in [0.1, 0.15) is 28.8 Å². The summed E-state index contributed by atoms with van der Waals surface area (Å²) in [6.07, 6.45) is 0.853. The molecule has 28 heavy (non-hydrogen) atoms. The SMILES string of the molecule is COc1cccc(OC)c1C(=O)N1CCC(O)(c2ccc3c(c2)OCO3)CC1. The highest BCUT2D eigenvalue weighted by molar-refractivity contribution is 5.99. The number of methoxy groups -OCH3 is 2. The summed E-state index contributed by atoms with van der Waals surface area (Å²) in [4.78, 5) is 14.8. The van der Waals surface area contributed by atoms with Gasteiger partial charge in [-0.2, -0.15) is 0 Å². The lowest BCUT2D eigenvalue weighted by molar-refractivity contribution is -0.0213. The number of rotatable bonds is 4. The molecule has 148 valence electrons. The van der Waals surface area contributed by atoms with Crippen LogP contribution in [0.25, 0.3) is 0 Å². The molecular weight excluding hydrogens is 362 g/mol. The molecule has 2 aromatic rings. The van der Waals surface area contributed by atoms with Gasteiger partial charge < -0.3 is 29.0 Å². The van der Waals surface area contributed by atoms with E-state index < -0.39 is 5.60 Å². The molecule has 2 aliphatic heterocycles. The van der Waals surface area contributed by atoms with E-state index >= 15 is 0 Å². The molecule has 2 aliphatic rings. The first-order chi connectivity index (χ1) is 13.6. The van der Waals surface area contributed by atoms with Crippen molar-refractivity contribution in [3.63, 3.8) is 0 Å². The van der Waals surface area contributed by atoms with Gasteiger partial charge in [0, 0.05) is 13.1 Å². The van der Waals surface area contributed by atoms with E-state index in [0.717, 1.165) is 5.56 Å². The summed E-state index contributed by atoms with van der Waals surface area (Å²) in [5, 5.41) is 11.2. The van der Waals surface area contributed by atoms with E-state index in [1.807, 2.05) is 18.2 Å². The van der Waals surface area contributed by atoms with Crippen molar-refractivity contribution >= 4 is 5.91 Å². The first-order valence-electron chi connectivity index (χ1n) is 9.18. The molecule has 4 rings (SSSR count). The van der Waals surface area contributed by atoms with Crippen molar-refractivity contribution in [3.8, 4) is 23.0 Å². The van der Waals surface area contributed by atoms with E-state index in [4.69, 9.17) is 18.9 Å². The molecule has 0 bridgehead atoms. The van der Waals surface area contributed by atoms with Crippen LogP contribution in [0.4, 0.5) is 0 Å². The number of amides is 1. The Morgan fingerprint density at radius 3 is 2.32 bits per heavy atom. The van der Waals surface area contributed by atoms with Gasteiger partial charge in [-0.15, -0.1) is 0 Å². The van der Waals surface area contributed by atoms with E-state index in [2.05, 4.69) is 0 Å². The third-order valence-corrected chi connectivity index (χ3v) is 5.43. The number of hydrogen-bond donors (Lipinski definition) is 1. The normalized spacial score (nSPS) is 17.3. The second kappa shape index (κ2) is 7.24. The number of carbonyl (C=O) groups excluding carboxylic acids is 1. The van der Waals surface area contributed by atoms with E-state index in [1.54, 1.807) is 23.1 Å². The maximum absolute atomic E-state index is 13.1. The van der Waals surface area contributed by atoms with Crippen LogP contribution in [0.2, 0.25) is 0 Å². The Balaban J connectivity index is 1.52. The van der Waals surface area contributed by atoms with Gasteiger partial charge in [0.1, 0.15) is 17.1 Å². The number of piperidine rings is 1. The number of nitrogens with zero attached hydrogens (tertiary/aromatic N) is 1. The van der Waals surface area contributed by atoms with Gasteiger partial charge in [-0.1, -0.05) is 12.1 Å².